The first kappa shape index (κ1) is 17.1. The van der Waals surface area contributed by atoms with Gasteiger partial charge in [-0.05, 0) is 44.6 Å². The summed E-state index contributed by atoms with van der Waals surface area (Å²) in [6, 6.07) is 3.66. The highest BCUT2D eigenvalue weighted by atomic mass is 35.5. The van der Waals surface area contributed by atoms with E-state index in [9.17, 15) is 13.2 Å². The molecular formula is C14H19ClF3NO. The van der Waals surface area contributed by atoms with Crippen molar-refractivity contribution in [3.8, 4) is 5.75 Å². The van der Waals surface area contributed by atoms with E-state index in [1.54, 1.807) is 0 Å². The van der Waals surface area contributed by atoms with Crippen molar-refractivity contribution >= 4 is 11.6 Å². The van der Waals surface area contributed by atoms with Gasteiger partial charge in [-0.3, -0.25) is 0 Å². The molecule has 0 unspecified atom stereocenters. The maximum Gasteiger partial charge on any atom is 0.417 e. The third-order valence-corrected chi connectivity index (χ3v) is 3.20. The maximum atomic E-state index is 12.8. The SMILES string of the molecule is CCC[C@@H](CCNC)Oc1ccc(Cl)c(C(F)(F)F)c1. The highest BCUT2D eigenvalue weighted by molar-refractivity contribution is 6.31. The van der Waals surface area contributed by atoms with Gasteiger partial charge in [-0.25, -0.2) is 0 Å². The molecular weight excluding hydrogens is 291 g/mol. The molecule has 0 saturated heterocycles. The van der Waals surface area contributed by atoms with Crippen LogP contribution in [0.4, 0.5) is 13.2 Å². The van der Waals surface area contributed by atoms with Crippen LogP contribution in [0.1, 0.15) is 31.7 Å². The molecule has 20 heavy (non-hydrogen) atoms. The fourth-order valence-electron chi connectivity index (χ4n) is 1.88. The van der Waals surface area contributed by atoms with Crippen LogP contribution in [0.2, 0.25) is 5.02 Å². The third-order valence-electron chi connectivity index (χ3n) is 2.87. The molecule has 1 rings (SSSR count). The van der Waals surface area contributed by atoms with Gasteiger partial charge < -0.3 is 10.1 Å². The average Bonchev–Trinajstić information content (AvgIpc) is 2.37. The number of hydrogen-bond acceptors (Lipinski definition) is 2. The number of benzene rings is 1. The number of hydrogen-bond donors (Lipinski definition) is 1. The van der Waals surface area contributed by atoms with E-state index in [-0.39, 0.29) is 16.9 Å². The first-order valence-corrected chi connectivity index (χ1v) is 6.94. The number of nitrogens with one attached hydrogen (secondary N) is 1. The second-order valence-electron chi connectivity index (χ2n) is 4.56. The van der Waals surface area contributed by atoms with Crippen molar-refractivity contribution in [3.63, 3.8) is 0 Å². The zero-order valence-electron chi connectivity index (χ0n) is 11.6. The van der Waals surface area contributed by atoms with Gasteiger partial charge in [0.05, 0.1) is 16.7 Å². The summed E-state index contributed by atoms with van der Waals surface area (Å²) < 4.78 is 43.9. The van der Waals surface area contributed by atoms with Gasteiger partial charge in [0, 0.05) is 0 Å². The van der Waals surface area contributed by atoms with E-state index in [2.05, 4.69) is 5.32 Å². The molecule has 0 radical (unpaired) electrons. The van der Waals surface area contributed by atoms with E-state index >= 15 is 0 Å². The van der Waals surface area contributed by atoms with Gasteiger partial charge >= 0.3 is 6.18 Å². The largest absolute Gasteiger partial charge is 0.490 e. The van der Waals surface area contributed by atoms with Crippen LogP contribution in [-0.2, 0) is 6.18 Å². The molecule has 0 spiro atoms. The summed E-state index contributed by atoms with van der Waals surface area (Å²) in [5.74, 6) is 0.205. The Labute approximate surface area is 122 Å². The van der Waals surface area contributed by atoms with E-state index in [4.69, 9.17) is 16.3 Å². The smallest absolute Gasteiger partial charge is 0.417 e. The van der Waals surface area contributed by atoms with Crippen LogP contribution in [-0.4, -0.2) is 19.7 Å². The van der Waals surface area contributed by atoms with Crippen LogP contribution in [0.25, 0.3) is 0 Å². The van der Waals surface area contributed by atoms with Crippen molar-refractivity contribution in [1.82, 2.24) is 5.32 Å². The first-order chi connectivity index (χ1) is 9.38. The molecule has 1 aromatic rings. The van der Waals surface area contributed by atoms with Crippen LogP contribution in [0, 0.1) is 0 Å². The van der Waals surface area contributed by atoms with E-state index in [1.807, 2.05) is 14.0 Å². The molecule has 1 N–H and O–H groups in total. The molecule has 0 aromatic heterocycles. The lowest BCUT2D eigenvalue weighted by atomic mass is 10.1. The third kappa shape index (κ3) is 5.21. The molecule has 0 aliphatic heterocycles. The molecule has 114 valence electrons. The van der Waals surface area contributed by atoms with Gasteiger partial charge in [-0.1, -0.05) is 24.9 Å². The Kier molecular flexibility index (Phi) is 6.62. The predicted molar refractivity (Wildman–Crippen MR) is 74.3 cm³/mol. The molecule has 2 nitrogen and oxygen atoms in total. The molecule has 0 heterocycles. The van der Waals surface area contributed by atoms with Gasteiger partial charge in [-0.2, -0.15) is 13.2 Å². The number of ether oxygens (including phenoxy) is 1. The quantitative estimate of drug-likeness (QED) is 0.800. The van der Waals surface area contributed by atoms with Crippen LogP contribution >= 0.6 is 11.6 Å². The molecule has 0 saturated carbocycles. The van der Waals surface area contributed by atoms with Crippen molar-refractivity contribution in [2.45, 2.75) is 38.5 Å². The Morgan fingerprint density at radius 2 is 2.00 bits per heavy atom. The Balaban J connectivity index is 2.85. The molecule has 0 amide bonds. The van der Waals surface area contributed by atoms with Gasteiger partial charge in [0.25, 0.3) is 0 Å². The van der Waals surface area contributed by atoms with Gasteiger partial charge in [-0.15, -0.1) is 0 Å². The van der Waals surface area contributed by atoms with Crippen molar-refractivity contribution in [3.05, 3.63) is 28.8 Å². The van der Waals surface area contributed by atoms with Gasteiger partial charge in [0.15, 0.2) is 0 Å². The van der Waals surface area contributed by atoms with E-state index in [0.717, 1.165) is 31.9 Å². The van der Waals surface area contributed by atoms with E-state index in [1.165, 1.54) is 12.1 Å². The average molecular weight is 310 g/mol. The highest BCUT2D eigenvalue weighted by Crippen LogP contribution is 2.37. The fraction of sp³-hybridized carbons (Fsp3) is 0.571. The Morgan fingerprint density at radius 3 is 2.55 bits per heavy atom. The van der Waals surface area contributed by atoms with Crippen molar-refractivity contribution < 1.29 is 17.9 Å². The summed E-state index contributed by atoms with van der Waals surface area (Å²) in [6.45, 7) is 2.77. The molecule has 0 bridgehead atoms. The number of alkyl halides is 3. The number of halogens is 4. The molecule has 1 atom stereocenters. The Bertz CT molecular complexity index is 423. The summed E-state index contributed by atoms with van der Waals surface area (Å²) in [4.78, 5) is 0. The normalized spacial score (nSPS) is 13.3. The minimum atomic E-state index is -4.47. The Hall–Kier alpha value is -0.940. The lowest BCUT2D eigenvalue weighted by Gasteiger charge is -2.19. The van der Waals surface area contributed by atoms with Crippen LogP contribution < -0.4 is 10.1 Å². The molecule has 0 aliphatic rings. The van der Waals surface area contributed by atoms with Crippen molar-refractivity contribution in [2.24, 2.45) is 0 Å². The van der Waals surface area contributed by atoms with Gasteiger partial charge in [0.1, 0.15) is 5.75 Å². The van der Waals surface area contributed by atoms with Crippen molar-refractivity contribution in [1.29, 1.82) is 0 Å². The van der Waals surface area contributed by atoms with Gasteiger partial charge in [0.2, 0.25) is 0 Å². The minimum absolute atomic E-state index is 0.102. The standard InChI is InChI=1S/C14H19ClF3NO/c1-3-4-10(7-8-19-2)20-11-5-6-13(15)12(9-11)14(16,17)18/h5-6,9-10,19H,3-4,7-8H2,1-2H3/t10-/m0/s1. The fourth-order valence-corrected chi connectivity index (χ4v) is 2.10. The van der Waals surface area contributed by atoms with Crippen LogP contribution in [0.3, 0.4) is 0 Å². The zero-order valence-corrected chi connectivity index (χ0v) is 12.3. The maximum absolute atomic E-state index is 12.8. The molecule has 6 heteroatoms. The minimum Gasteiger partial charge on any atom is -0.490 e. The van der Waals surface area contributed by atoms with Crippen LogP contribution in [0.15, 0.2) is 18.2 Å². The molecule has 1 aromatic carbocycles. The second-order valence-corrected chi connectivity index (χ2v) is 4.97. The summed E-state index contributed by atoms with van der Waals surface area (Å²) in [6.07, 6.45) is -2.12. The highest BCUT2D eigenvalue weighted by Gasteiger charge is 2.33. The summed E-state index contributed by atoms with van der Waals surface area (Å²) in [5, 5.41) is 2.69. The first-order valence-electron chi connectivity index (χ1n) is 6.56. The van der Waals surface area contributed by atoms with Crippen molar-refractivity contribution in [2.75, 3.05) is 13.6 Å². The topological polar surface area (TPSA) is 21.3 Å². The van der Waals surface area contributed by atoms with Crippen LogP contribution in [0.5, 0.6) is 5.75 Å². The van der Waals surface area contributed by atoms with E-state index in [0.29, 0.717) is 0 Å². The van der Waals surface area contributed by atoms with E-state index < -0.39 is 11.7 Å². The molecule has 0 aliphatic carbocycles. The predicted octanol–water partition coefficient (Wildman–Crippen LogP) is 4.52. The second kappa shape index (κ2) is 7.74. The monoisotopic (exact) mass is 309 g/mol. The summed E-state index contributed by atoms with van der Waals surface area (Å²) in [7, 11) is 1.83. The molecule has 0 fully saturated rings. The summed E-state index contributed by atoms with van der Waals surface area (Å²) >= 11 is 5.58. The lowest BCUT2D eigenvalue weighted by Crippen LogP contribution is -2.22. The summed E-state index contributed by atoms with van der Waals surface area (Å²) in [5.41, 5.74) is -0.861. The lowest BCUT2D eigenvalue weighted by molar-refractivity contribution is -0.137. The Morgan fingerprint density at radius 1 is 1.30 bits per heavy atom. The number of rotatable bonds is 7. The zero-order chi connectivity index (χ0) is 15.2.